The predicted molar refractivity (Wildman–Crippen MR) is 79.3 cm³/mol. The van der Waals surface area contributed by atoms with E-state index in [4.69, 9.17) is 9.47 Å². The van der Waals surface area contributed by atoms with Crippen LogP contribution in [0.1, 0.15) is 24.1 Å². The summed E-state index contributed by atoms with van der Waals surface area (Å²) in [5.74, 6) is 1.48. The maximum Gasteiger partial charge on any atom is 0.218 e. The van der Waals surface area contributed by atoms with Crippen LogP contribution in [-0.4, -0.2) is 25.7 Å². The van der Waals surface area contributed by atoms with E-state index in [1.54, 1.807) is 20.4 Å². The van der Waals surface area contributed by atoms with Crippen molar-refractivity contribution in [2.24, 2.45) is 0 Å². The summed E-state index contributed by atoms with van der Waals surface area (Å²) in [6, 6.07) is 12.0. The number of pyridine rings is 1. The Bertz CT molecular complexity index is 558. The number of benzene rings is 1. The van der Waals surface area contributed by atoms with E-state index in [9.17, 15) is 0 Å². The first-order valence-electron chi connectivity index (χ1n) is 6.66. The topological polar surface area (TPSA) is 43.4 Å². The molecule has 1 atom stereocenters. The van der Waals surface area contributed by atoms with Crippen LogP contribution >= 0.6 is 0 Å². The van der Waals surface area contributed by atoms with Crippen molar-refractivity contribution >= 4 is 0 Å². The van der Waals surface area contributed by atoms with Gasteiger partial charge in [-0.05, 0) is 30.3 Å². The molecule has 1 heterocycles. The second kappa shape index (κ2) is 6.91. The van der Waals surface area contributed by atoms with Gasteiger partial charge in [0, 0.05) is 11.8 Å². The molecular weight excluding hydrogens is 252 g/mol. The summed E-state index contributed by atoms with van der Waals surface area (Å²) in [5.41, 5.74) is 2.14. The predicted octanol–water partition coefficient (Wildman–Crippen LogP) is 2.80. The minimum Gasteiger partial charge on any atom is -0.497 e. The summed E-state index contributed by atoms with van der Waals surface area (Å²) in [5, 5.41) is 3.47. The largest absolute Gasteiger partial charge is 0.497 e. The summed E-state index contributed by atoms with van der Waals surface area (Å²) in [4.78, 5) is 4.27. The van der Waals surface area contributed by atoms with E-state index >= 15 is 0 Å². The molecule has 20 heavy (non-hydrogen) atoms. The van der Waals surface area contributed by atoms with Gasteiger partial charge in [-0.3, -0.25) is 0 Å². The Kier molecular flexibility index (Phi) is 4.96. The number of aromatic nitrogens is 1. The zero-order valence-corrected chi connectivity index (χ0v) is 12.1. The highest BCUT2D eigenvalue weighted by atomic mass is 16.5. The smallest absolute Gasteiger partial charge is 0.218 e. The van der Waals surface area contributed by atoms with Crippen LogP contribution in [0.3, 0.4) is 0 Å². The van der Waals surface area contributed by atoms with Crippen molar-refractivity contribution in [1.29, 1.82) is 0 Å². The van der Waals surface area contributed by atoms with Crippen LogP contribution in [0.4, 0.5) is 0 Å². The summed E-state index contributed by atoms with van der Waals surface area (Å²) >= 11 is 0. The van der Waals surface area contributed by atoms with Crippen LogP contribution < -0.4 is 14.8 Å². The van der Waals surface area contributed by atoms with Gasteiger partial charge in [-0.15, -0.1) is 0 Å². The van der Waals surface area contributed by atoms with Gasteiger partial charge in [0.15, 0.2) is 0 Å². The highest BCUT2D eigenvalue weighted by molar-refractivity contribution is 5.40. The van der Waals surface area contributed by atoms with Crippen molar-refractivity contribution in [3.63, 3.8) is 0 Å². The Balaban J connectivity index is 2.44. The lowest BCUT2D eigenvalue weighted by Gasteiger charge is -2.20. The van der Waals surface area contributed by atoms with E-state index in [1.165, 1.54) is 0 Å². The number of methoxy groups -OCH3 is 2. The molecule has 0 aliphatic carbocycles. The average Bonchev–Trinajstić information content (AvgIpc) is 2.52. The van der Waals surface area contributed by atoms with Gasteiger partial charge >= 0.3 is 0 Å². The van der Waals surface area contributed by atoms with Crippen molar-refractivity contribution in [1.82, 2.24) is 10.3 Å². The number of hydrogen-bond donors (Lipinski definition) is 1. The Morgan fingerprint density at radius 1 is 1.15 bits per heavy atom. The molecule has 0 amide bonds. The molecule has 1 unspecified atom stereocenters. The van der Waals surface area contributed by atoms with Crippen LogP contribution in [0.5, 0.6) is 11.6 Å². The first kappa shape index (κ1) is 14.3. The Labute approximate surface area is 119 Å². The fourth-order valence-electron chi connectivity index (χ4n) is 2.23. The zero-order chi connectivity index (χ0) is 14.4. The molecule has 0 aliphatic heterocycles. The van der Waals surface area contributed by atoms with Crippen molar-refractivity contribution in [3.8, 4) is 11.6 Å². The van der Waals surface area contributed by atoms with Gasteiger partial charge in [-0.1, -0.05) is 25.1 Å². The number of nitrogens with zero attached hydrogens (tertiary/aromatic N) is 1. The molecule has 0 fully saturated rings. The Hall–Kier alpha value is -2.07. The molecule has 0 radical (unpaired) electrons. The zero-order valence-electron chi connectivity index (χ0n) is 12.1. The Morgan fingerprint density at radius 2 is 2.00 bits per heavy atom. The molecule has 0 aliphatic rings. The SMILES string of the molecule is CCNC(c1cccc(OC)c1)c1cccnc1OC. The van der Waals surface area contributed by atoms with E-state index in [2.05, 4.69) is 23.3 Å². The van der Waals surface area contributed by atoms with E-state index in [0.717, 1.165) is 23.4 Å². The third-order valence-corrected chi connectivity index (χ3v) is 3.14. The quantitative estimate of drug-likeness (QED) is 0.878. The highest BCUT2D eigenvalue weighted by Gasteiger charge is 2.18. The van der Waals surface area contributed by atoms with Gasteiger partial charge in [-0.25, -0.2) is 4.98 Å². The van der Waals surface area contributed by atoms with Crippen molar-refractivity contribution in [3.05, 3.63) is 53.7 Å². The van der Waals surface area contributed by atoms with Crippen LogP contribution in [-0.2, 0) is 0 Å². The minimum atomic E-state index is 0.0266. The first-order chi connectivity index (χ1) is 9.80. The van der Waals surface area contributed by atoms with Crippen molar-refractivity contribution in [2.75, 3.05) is 20.8 Å². The fourth-order valence-corrected chi connectivity index (χ4v) is 2.23. The summed E-state index contributed by atoms with van der Waals surface area (Å²) in [7, 11) is 3.31. The standard InChI is InChI=1S/C16H20N2O2/c1-4-17-15(12-7-5-8-13(11-12)19-2)14-9-6-10-18-16(14)20-3/h5-11,15,17H,4H2,1-3H3. The molecule has 0 spiro atoms. The lowest BCUT2D eigenvalue weighted by Crippen LogP contribution is -2.22. The van der Waals surface area contributed by atoms with Gasteiger partial charge in [0.25, 0.3) is 0 Å². The normalized spacial score (nSPS) is 11.9. The lowest BCUT2D eigenvalue weighted by atomic mass is 9.99. The van der Waals surface area contributed by atoms with Crippen molar-refractivity contribution in [2.45, 2.75) is 13.0 Å². The second-order valence-corrected chi connectivity index (χ2v) is 4.37. The Morgan fingerprint density at radius 3 is 2.70 bits per heavy atom. The van der Waals surface area contributed by atoms with Gasteiger partial charge < -0.3 is 14.8 Å². The van der Waals surface area contributed by atoms with E-state index in [1.807, 2.05) is 30.3 Å². The molecular formula is C16H20N2O2. The monoisotopic (exact) mass is 272 g/mol. The molecule has 106 valence electrons. The van der Waals surface area contributed by atoms with Crippen LogP contribution in [0.25, 0.3) is 0 Å². The number of rotatable bonds is 6. The molecule has 4 nitrogen and oxygen atoms in total. The van der Waals surface area contributed by atoms with E-state index in [0.29, 0.717) is 5.88 Å². The first-order valence-corrected chi connectivity index (χ1v) is 6.66. The molecule has 1 aromatic heterocycles. The number of nitrogens with one attached hydrogen (secondary N) is 1. The summed E-state index contributed by atoms with van der Waals surface area (Å²) in [6.45, 7) is 2.93. The minimum absolute atomic E-state index is 0.0266. The third kappa shape index (κ3) is 3.08. The molecule has 1 N–H and O–H groups in total. The molecule has 2 rings (SSSR count). The maximum atomic E-state index is 5.37. The second-order valence-electron chi connectivity index (χ2n) is 4.37. The van der Waals surface area contributed by atoms with Gasteiger partial charge in [0.05, 0.1) is 20.3 Å². The van der Waals surface area contributed by atoms with E-state index < -0.39 is 0 Å². The molecule has 0 saturated heterocycles. The average molecular weight is 272 g/mol. The van der Waals surface area contributed by atoms with Crippen LogP contribution in [0.2, 0.25) is 0 Å². The number of ether oxygens (including phenoxy) is 2. The highest BCUT2D eigenvalue weighted by Crippen LogP contribution is 2.29. The molecule has 2 aromatic rings. The molecule has 0 saturated carbocycles. The van der Waals surface area contributed by atoms with E-state index in [-0.39, 0.29) is 6.04 Å². The number of hydrogen-bond acceptors (Lipinski definition) is 4. The van der Waals surface area contributed by atoms with Gasteiger partial charge in [-0.2, -0.15) is 0 Å². The van der Waals surface area contributed by atoms with Crippen molar-refractivity contribution < 1.29 is 9.47 Å². The summed E-state index contributed by atoms with van der Waals surface area (Å²) in [6.07, 6.45) is 1.73. The molecule has 0 bridgehead atoms. The van der Waals surface area contributed by atoms with Crippen LogP contribution in [0.15, 0.2) is 42.6 Å². The fraction of sp³-hybridized carbons (Fsp3) is 0.312. The van der Waals surface area contributed by atoms with Gasteiger partial charge in [0.1, 0.15) is 5.75 Å². The third-order valence-electron chi connectivity index (χ3n) is 3.14. The summed E-state index contributed by atoms with van der Waals surface area (Å²) < 4.78 is 10.7. The lowest BCUT2D eigenvalue weighted by molar-refractivity contribution is 0.387. The molecule has 4 heteroatoms. The maximum absolute atomic E-state index is 5.37. The molecule has 1 aromatic carbocycles. The van der Waals surface area contributed by atoms with Crippen LogP contribution in [0, 0.1) is 0 Å². The van der Waals surface area contributed by atoms with Gasteiger partial charge in [0.2, 0.25) is 5.88 Å².